The first kappa shape index (κ1) is 29.6. The third kappa shape index (κ3) is 7.43. The monoisotopic (exact) mass is 506 g/mol. The van der Waals surface area contributed by atoms with Crippen molar-refractivity contribution >= 4 is 23.9 Å². The van der Waals surface area contributed by atoms with Crippen LogP contribution in [0.1, 0.15) is 80.6 Å². The summed E-state index contributed by atoms with van der Waals surface area (Å²) in [5.74, 6) is -1.41. The van der Waals surface area contributed by atoms with Crippen molar-refractivity contribution in [3.8, 4) is 0 Å². The Balaban J connectivity index is 2.44. The van der Waals surface area contributed by atoms with Gasteiger partial charge in [0, 0.05) is 33.1 Å². The zero-order chi connectivity index (χ0) is 27.3. The zero-order valence-electron chi connectivity index (χ0n) is 22.8. The molecule has 0 N–H and O–H groups in total. The second-order valence-electron chi connectivity index (χ2n) is 11.0. The van der Waals surface area contributed by atoms with Gasteiger partial charge in [0.1, 0.15) is 18.8 Å². The quantitative estimate of drug-likeness (QED) is 0.252. The topological polar surface area (TPSA) is 105 Å². The molecule has 0 unspecified atom stereocenters. The van der Waals surface area contributed by atoms with Crippen LogP contribution in [-0.2, 0) is 38.1 Å². The standard InChI is InChI=1S/C28H42O8/c1-17(11-12-33-19(3)29)9-10-24-18(2)25(36-22(6)32)13-26-27(7,16-34-20(4)30)14-23(35-21(5)31)15-28(24,26)8/h11,23-26H,2,9-10,12-16H2,1,3-8H3/b17-11-/t23-,24-,25+,26-,27+,28+/m0/s1. The van der Waals surface area contributed by atoms with Crippen LogP contribution in [0.3, 0.4) is 0 Å². The Labute approximate surface area is 214 Å². The summed E-state index contributed by atoms with van der Waals surface area (Å²) in [6.07, 6.45) is 4.35. The molecule has 0 aliphatic heterocycles. The van der Waals surface area contributed by atoms with Gasteiger partial charge in [0.2, 0.25) is 0 Å². The van der Waals surface area contributed by atoms with Crippen molar-refractivity contribution in [2.75, 3.05) is 13.2 Å². The molecule has 0 aromatic heterocycles. The van der Waals surface area contributed by atoms with Crippen LogP contribution in [-0.4, -0.2) is 49.3 Å². The molecule has 8 heteroatoms. The van der Waals surface area contributed by atoms with Crippen LogP contribution in [0.4, 0.5) is 0 Å². The Morgan fingerprint density at radius 2 is 1.53 bits per heavy atom. The molecule has 0 bridgehead atoms. The lowest BCUT2D eigenvalue weighted by atomic mass is 9.45. The number of carbonyl (C=O) groups excluding carboxylic acids is 4. The number of allylic oxidation sites excluding steroid dienone is 1. The summed E-state index contributed by atoms with van der Waals surface area (Å²) in [5, 5.41) is 0. The summed E-state index contributed by atoms with van der Waals surface area (Å²) in [4.78, 5) is 46.7. The first-order valence-electron chi connectivity index (χ1n) is 12.6. The fourth-order valence-corrected chi connectivity index (χ4v) is 6.47. The first-order valence-corrected chi connectivity index (χ1v) is 12.6. The summed E-state index contributed by atoms with van der Waals surface area (Å²) in [6.45, 7) is 16.6. The molecule has 6 atom stereocenters. The number of rotatable bonds is 9. The predicted octanol–water partition coefficient (Wildman–Crippen LogP) is 4.70. The van der Waals surface area contributed by atoms with Gasteiger partial charge >= 0.3 is 23.9 Å². The molecule has 0 aromatic carbocycles. The Morgan fingerprint density at radius 1 is 0.917 bits per heavy atom. The molecule has 2 aliphatic carbocycles. The van der Waals surface area contributed by atoms with E-state index < -0.39 is 11.5 Å². The van der Waals surface area contributed by atoms with Crippen molar-refractivity contribution in [2.24, 2.45) is 22.7 Å². The van der Waals surface area contributed by atoms with Crippen molar-refractivity contribution in [2.45, 2.75) is 92.8 Å². The highest BCUT2D eigenvalue weighted by Crippen LogP contribution is 2.63. The Morgan fingerprint density at radius 3 is 2.08 bits per heavy atom. The molecule has 0 aromatic rings. The number of carbonyl (C=O) groups is 4. The molecule has 8 nitrogen and oxygen atoms in total. The molecule has 0 radical (unpaired) electrons. The average molecular weight is 507 g/mol. The Bertz CT molecular complexity index is 905. The third-order valence-electron chi connectivity index (χ3n) is 7.90. The van der Waals surface area contributed by atoms with Crippen molar-refractivity contribution in [1.82, 2.24) is 0 Å². The van der Waals surface area contributed by atoms with Crippen molar-refractivity contribution in [3.05, 3.63) is 23.8 Å². The average Bonchev–Trinajstić information content (AvgIpc) is 2.72. The predicted molar refractivity (Wildman–Crippen MR) is 134 cm³/mol. The molecule has 0 amide bonds. The summed E-state index contributed by atoms with van der Waals surface area (Å²) >= 11 is 0. The van der Waals surface area contributed by atoms with Gasteiger partial charge in [0.25, 0.3) is 0 Å². The summed E-state index contributed by atoms with van der Waals surface area (Å²) in [6, 6.07) is 0. The largest absolute Gasteiger partial charge is 0.465 e. The highest BCUT2D eigenvalue weighted by atomic mass is 16.6. The van der Waals surface area contributed by atoms with Crippen LogP contribution >= 0.6 is 0 Å². The van der Waals surface area contributed by atoms with Gasteiger partial charge in [-0.1, -0.05) is 26.0 Å². The van der Waals surface area contributed by atoms with E-state index in [9.17, 15) is 19.2 Å². The Hall–Kier alpha value is -2.64. The van der Waals surface area contributed by atoms with Crippen LogP contribution in [0.2, 0.25) is 0 Å². The van der Waals surface area contributed by atoms with Crippen molar-refractivity contribution in [3.63, 3.8) is 0 Å². The highest BCUT2D eigenvalue weighted by Gasteiger charge is 2.60. The van der Waals surface area contributed by atoms with Crippen molar-refractivity contribution < 1.29 is 38.1 Å². The maximum absolute atomic E-state index is 12.0. The molecule has 202 valence electrons. The lowest BCUT2D eigenvalue weighted by Gasteiger charge is -2.61. The maximum atomic E-state index is 12.0. The minimum Gasteiger partial charge on any atom is -0.465 e. The van der Waals surface area contributed by atoms with Gasteiger partial charge in [-0.3, -0.25) is 19.2 Å². The fourth-order valence-electron chi connectivity index (χ4n) is 6.47. The molecule has 2 saturated carbocycles. The molecule has 0 spiro atoms. The fraction of sp³-hybridized carbons (Fsp3) is 0.714. The van der Waals surface area contributed by atoms with E-state index in [1.807, 2.05) is 13.0 Å². The first-order chi connectivity index (χ1) is 16.7. The third-order valence-corrected chi connectivity index (χ3v) is 7.90. The number of ether oxygens (including phenoxy) is 4. The van der Waals surface area contributed by atoms with Crippen LogP contribution in [0, 0.1) is 22.7 Å². The molecule has 0 saturated heterocycles. The van der Waals surface area contributed by atoms with Gasteiger partial charge in [0.15, 0.2) is 0 Å². The molecule has 2 fully saturated rings. The molecular formula is C28H42O8. The second kappa shape index (κ2) is 12.1. The van der Waals surface area contributed by atoms with Gasteiger partial charge < -0.3 is 18.9 Å². The van der Waals surface area contributed by atoms with Crippen LogP contribution in [0.15, 0.2) is 23.8 Å². The van der Waals surface area contributed by atoms with E-state index in [0.29, 0.717) is 19.3 Å². The van der Waals surface area contributed by atoms with E-state index >= 15 is 0 Å². The highest BCUT2D eigenvalue weighted by molar-refractivity contribution is 5.67. The van der Waals surface area contributed by atoms with Gasteiger partial charge in [-0.05, 0) is 67.9 Å². The van der Waals surface area contributed by atoms with Crippen LogP contribution in [0.25, 0.3) is 0 Å². The number of esters is 4. The van der Waals surface area contributed by atoms with Crippen molar-refractivity contribution in [1.29, 1.82) is 0 Å². The Kier molecular flexibility index (Phi) is 9.92. The zero-order valence-corrected chi connectivity index (χ0v) is 22.8. The SMILES string of the molecule is C=C1[C@H](OC(C)=O)C[C@H]2[C@@](C)(COC(C)=O)C[C@H](OC(C)=O)C[C@]2(C)[C@H]1CC/C(C)=C\COC(C)=O. The molecular weight excluding hydrogens is 464 g/mol. The lowest BCUT2D eigenvalue weighted by Crippen LogP contribution is -2.58. The number of fused-ring (bicyclic) bond motifs is 1. The minimum absolute atomic E-state index is 0.0290. The maximum Gasteiger partial charge on any atom is 0.303 e. The van der Waals surface area contributed by atoms with Gasteiger partial charge in [-0.25, -0.2) is 0 Å². The van der Waals surface area contributed by atoms with Gasteiger partial charge in [-0.2, -0.15) is 0 Å². The molecule has 2 rings (SSSR count). The van der Waals surface area contributed by atoms with E-state index in [-0.39, 0.29) is 60.4 Å². The van der Waals surface area contributed by atoms with E-state index in [1.165, 1.54) is 27.7 Å². The lowest BCUT2D eigenvalue weighted by molar-refractivity contribution is -0.185. The van der Waals surface area contributed by atoms with Crippen LogP contribution in [0.5, 0.6) is 0 Å². The van der Waals surface area contributed by atoms with E-state index in [1.54, 1.807) is 0 Å². The summed E-state index contributed by atoms with van der Waals surface area (Å²) in [7, 11) is 0. The smallest absolute Gasteiger partial charge is 0.303 e. The van der Waals surface area contributed by atoms with E-state index in [4.69, 9.17) is 18.9 Å². The number of hydrogen-bond donors (Lipinski definition) is 0. The number of hydrogen-bond acceptors (Lipinski definition) is 8. The normalized spacial score (nSPS) is 32.2. The minimum atomic E-state index is -0.490. The molecule has 0 heterocycles. The second-order valence-corrected chi connectivity index (χ2v) is 11.0. The molecule has 2 aliphatic rings. The summed E-state index contributed by atoms with van der Waals surface area (Å²) in [5.41, 5.74) is 1.11. The van der Waals surface area contributed by atoms with Crippen LogP contribution < -0.4 is 0 Å². The van der Waals surface area contributed by atoms with Gasteiger partial charge in [-0.15, -0.1) is 0 Å². The molecule has 36 heavy (non-hydrogen) atoms. The van der Waals surface area contributed by atoms with E-state index in [0.717, 1.165) is 24.0 Å². The summed E-state index contributed by atoms with van der Waals surface area (Å²) < 4.78 is 22.0. The van der Waals surface area contributed by atoms with E-state index in [2.05, 4.69) is 20.4 Å². The van der Waals surface area contributed by atoms with Gasteiger partial charge in [0.05, 0.1) is 6.61 Å².